The molecule has 1 aromatic heterocycles. The van der Waals surface area contributed by atoms with Crippen molar-refractivity contribution in [2.45, 2.75) is 12.5 Å². The van der Waals surface area contributed by atoms with E-state index in [2.05, 4.69) is 4.37 Å². The third-order valence-corrected chi connectivity index (χ3v) is 2.07. The Morgan fingerprint density at radius 1 is 1.80 bits per heavy atom. The molecule has 0 aliphatic rings. The third-order valence-electron chi connectivity index (χ3n) is 1.23. The predicted octanol–water partition coefficient (Wildman–Crippen LogP) is 0.525. The fourth-order valence-corrected chi connectivity index (χ4v) is 1.30. The summed E-state index contributed by atoms with van der Waals surface area (Å²) in [5, 5.41) is 9.30. The van der Waals surface area contributed by atoms with Crippen LogP contribution in [0.2, 0.25) is 0 Å². The van der Waals surface area contributed by atoms with E-state index in [1.807, 2.05) is 6.07 Å². The zero-order valence-corrected chi connectivity index (χ0v) is 6.34. The van der Waals surface area contributed by atoms with Crippen molar-refractivity contribution in [3.05, 3.63) is 17.1 Å². The maximum absolute atomic E-state index is 9.30. The van der Waals surface area contributed by atoms with Gasteiger partial charge in [0.25, 0.3) is 0 Å². The minimum absolute atomic E-state index is 0.419. The second kappa shape index (κ2) is 3.65. The molecule has 10 heavy (non-hydrogen) atoms. The molecule has 0 spiro atoms. The van der Waals surface area contributed by atoms with Crippen LogP contribution in [0.15, 0.2) is 12.3 Å². The number of hydrogen-bond acceptors (Lipinski definition) is 4. The smallest absolute Gasteiger partial charge is 0.0909 e. The quantitative estimate of drug-likeness (QED) is 0.674. The van der Waals surface area contributed by atoms with Crippen LogP contribution in [0.4, 0.5) is 0 Å². The molecule has 1 unspecified atom stereocenters. The Morgan fingerprint density at radius 3 is 3.10 bits per heavy atom. The first kappa shape index (κ1) is 7.65. The normalized spacial score (nSPS) is 13.4. The van der Waals surface area contributed by atoms with Gasteiger partial charge in [-0.3, -0.25) is 0 Å². The van der Waals surface area contributed by atoms with Crippen LogP contribution in [-0.2, 0) is 0 Å². The molecule has 0 fully saturated rings. The number of aliphatic hydroxyl groups is 1. The van der Waals surface area contributed by atoms with Crippen LogP contribution in [0.3, 0.4) is 0 Å². The van der Waals surface area contributed by atoms with Crippen molar-refractivity contribution in [2.75, 3.05) is 6.54 Å². The summed E-state index contributed by atoms with van der Waals surface area (Å²) in [5.41, 5.74) is 5.26. The van der Waals surface area contributed by atoms with Gasteiger partial charge in [0, 0.05) is 6.20 Å². The summed E-state index contributed by atoms with van der Waals surface area (Å²) in [5.74, 6) is 0. The Morgan fingerprint density at radius 2 is 2.60 bits per heavy atom. The Labute approximate surface area is 63.7 Å². The van der Waals surface area contributed by atoms with E-state index in [4.69, 9.17) is 5.73 Å². The molecule has 0 bridgehead atoms. The Kier molecular flexibility index (Phi) is 2.80. The summed E-state index contributed by atoms with van der Waals surface area (Å²) in [7, 11) is 0. The van der Waals surface area contributed by atoms with Gasteiger partial charge in [-0.05, 0) is 30.6 Å². The summed E-state index contributed by atoms with van der Waals surface area (Å²) >= 11 is 1.32. The highest BCUT2D eigenvalue weighted by Crippen LogP contribution is 2.18. The molecule has 1 atom stereocenters. The first-order valence-corrected chi connectivity index (χ1v) is 3.90. The molecule has 3 nitrogen and oxygen atoms in total. The molecule has 1 rings (SSSR count). The van der Waals surface area contributed by atoms with E-state index in [1.54, 1.807) is 6.20 Å². The zero-order chi connectivity index (χ0) is 7.40. The van der Waals surface area contributed by atoms with E-state index in [9.17, 15) is 5.11 Å². The minimum Gasteiger partial charge on any atom is -0.387 e. The van der Waals surface area contributed by atoms with Gasteiger partial charge in [-0.1, -0.05) is 0 Å². The average molecular weight is 158 g/mol. The number of rotatable bonds is 3. The van der Waals surface area contributed by atoms with Crippen molar-refractivity contribution in [2.24, 2.45) is 5.73 Å². The van der Waals surface area contributed by atoms with Crippen LogP contribution >= 0.6 is 11.5 Å². The Bertz CT molecular complexity index is 176. The predicted molar refractivity (Wildman–Crippen MR) is 40.7 cm³/mol. The van der Waals surface area contributed by atoms with Crippen LogP contribution in [0.25, 0.3) is 0 Å². The number of hydrogen-bond donors (Lipinski definition) is 2. The van der Waals surface area contributed by atoms with Crippen molar-refractivity contribution >= 4 is 11.5 Å². The molecule has 0 radical (unpaired) electrons. The van der Waals surface area contributed by atoms with Crippen molar-refractivity contribution in [3.63, 3.8) is 0 Å². The molecule has 3 N–H and O–H groups in total. The molecule has 0 aliphatic heterocycles. The van der Waals surface area contributed by atoms with Crippen LogP contribution in [-0.4, -0.2) is 16.0 Å². The molecule has 0 aromatic carbocycles. The standard InChI is InChI=1S/C6H10N2OS/c7-3-1-5(9)6-2-4-8-10-6/h2,4-5,9H,1,3,7H2. The number of aliphatic hydroxyl groups excluding tert-OH is 1. The SMILES string of the molecule is NCCC(O)c1ccns1. The van der Waals surface area contributed by atoms with Gasteiger partial charge in [-0.25, -0.2) is 4.37 Å². The molecular formula is C6H10N2OS. The van der Waals surface area contributed by atoms with E-state index in [1.165, 1.54) is 11.5 Å². The van der Waals surface area contributed by atoms with Gasteiger partial charge in [0.15, 0.2) is 0 Å². The van der Waals surface area contributed by atoms with Gasteiger partial charge in [0.1, 0.15) is 0 Å². The van der Waals surface area contributed by atoms with Gasteiger partial charge >= 0.3 is 0 Å². The molecule has 1 heterocycles. The fraction of sp³-hybridized carbons (Fsp3) is 0.500. The summed E-state index contributed by atoms with van der Waals surface area (Å²) in [6.45, 7) is 0.513. The van der Waals surface area contributed by atoms with Gasteiger partial charge in [-0.2, -0.15) is 0 Å². The van der Waals surface area contributed by atoms with E-state index in [-0.39, 0.29) is 0 Å². The van der Waals surface area contributed by atoms with E-state index < -0.39 is 6.10 Å². The molecule has 4 heteroatoms. The van der Waals surface area contributed by atoms with Gasteiger partial charge in [0.2, 0.25) is 0 Å². The first-order valence-electron chi connectivity index (χ1n) is 3.13. The number of aromatic nitrogens is 1. The van der Waals surface area contributed by atoms with E-state index >= 15 is 0 Å². The summed E-state index contributed by atoms with van der Waals surface area (Å²) in [6.07, 6.45) is 1.87. The Hall–Kier alpha value is -0.450. The average Bonchev–Trinajstić information content (AvgIpc) is 2.38. The van der Waals surface area contributed by atoms with Crippen LogP contribution in [0.5, 0.6) is 0 Å². The van der Waals surface area contributed by atoms with Crippen LogP contribution in [0, 0.1) is 0 Å². The second-order valence-corrected chi connectivity index (χ2v) is 2.87. The lowest BCUT2D eigenvalue weighted by atomic mass is 10.2. The summed E-state index contributed by atoms with van der Waals surface area (Å²) in [6, 6.07) is 1.81. The summed E-state index contributed by atoms with van der Waals surface area (Å²) < 4.78 is 3.87. The summed E-state index contributed by atoms with van der Waals surface area (Å²) in [4.78, 5) is 0.894. The lowest BCUT2D eigenvalue weighted by Gasteiger charge is -2.03. The zero-order valence-electron chi connectivity index (χ0n) is 5.53. The monoisotopic (exact) mass is 158 g/mol. The maximum Gasteiger partial charge on any atom is 0.0909 e. The van der Waals surface area contributed by atoms with Gasteiger partial charge in [0.05, 0.1) is 11.0 Å². The lowest BCUT2D eigenvalue weighted by molar-refractivity contribution is 0.174. The molecule has 56 valence electrons. The molecule has 0 amide bonds. The number of nitrogens with two attached hydrogens (primary N) is 1. The second-order valence-electron chi connectivity index (χ2n) is 2.01. The van der Waals surface area contributed by atoms with Gasteiger partial charge in [-0.15, -0.1) is 0 Å². The van der Waals surface area contributed by atoms with Crippen molar-refractivity contribution in [1.82, 2.24) is 4.37 Å². The highest BCUT2D eigenvalue weighted by molar-refractivity contribution is 7.05. The molecular weight excluding hydrogens is 148 g/mol. The van der Waals surface area contributed by atoms with Crippen molar-refractivity contribution < 1.29 is 5.11 Å². The largest absolute Gasteiger partial charge is 0.387 e. The van der Waals surface area contributed by atoms with E-state index in [0.29, 0.717) is 13.0 Å². The third kappa shape index (κ3) is 1.76. The molecule has 0 saturated carbocycles. The van der Waals surface area contributed by atoms with Crippen molar-refractivity contribution in [1.29, 1.82) is 0 Å². The minimum atomic E-state index is -0.419. The molecule has 1 aromatic rings. The van der Waals surface area contributed by atoms with Crippen molar-refractivity contribution in [3.8, 4) is 0 Å². The molecule has 0 aliphatic carbocycles. The fourth-order valence-electron chi connectivity index (χ4n) is 0.698. The molecule has 0 saturated heterocycles. The van der Waals surface area contributed by atoms with Crippen LogP contribution in [0.1, 0.15) is 17.4 Å². The van der Waals surface area contributed by atoms with Gasteiger partial charge < -0.3 is 10.8 Å². The maximum atomic E-state index is 9.30. The Balaban J connectivity index is 2.50. The highest BCUT2D eigenvalue weighted by atomic mass is 32.1. The lowest BCUT2D eigenvalue weighted by Crippen LogP contribution is -2.05. The van der Waals surface area contributed by atoms with E-state index in [0.717, 1.165) is 4.88 Å². The van der Waals surface area contributed by atoms with Crippen LogP contribution < -0.4 is 5.73 Å². The number of nitrogens with zero attached hydrogens (tertiary/aromatic N) is 1. The first-order chi connectivity index (χ1) is 4.84. The highest BCUT2D eigenvalue weighted by Gasteiger charge is 2.06. The topological polar surface area (TPSA) is 59.1 Å².